The lowest BCUT2D eigenvalue weighted by molar-refractivity contribution is -0.135. The van der Waals surface area contributed by atoms with Crippen molar-refractivity contribution in [3.63, 3.8) is 0 Å². The Morgan fingerprint density at radius 2 is 1.93 bits per heavy atom. The van der Waals surface area contributed by atoms with E-state index >= 15 is 0 Å². The fraction of sp³-hybridized carbons (Fsp3) is 0.111. The van der Waals surface area contributed by atoms with Crippen molar-refractivity contribution in [2.45, 2.75) is 0 Å². The number of benzene rings is 1. The third kappa shape index (κ3) is 2.46. The van der Waals surface area contributed by atoms with Gasteiger partial charge in [0.25, 0.3) is 5.78 Å². The second kappa shape index (κ2) is 4.59. The van der Waals surface area contributed by atoms with E-state index in [1.165, 1.54) is 0 Å². The van der Waals surface area contributed by atoms with E-state index in [-0.39, 0.29) is 15.6 Å². The Bertz CT molecular complexity index is 432. The summed E-state index contributed by atoms with van der Waals surface area (Å²) in [5, 5.41) is -0.308. The second-order valence-electron chi connectivity index (χ2n) is 2.57. The van der Waals surface area contributed by atoms with Crippen LogP contribution in [0, 0.1) is 5.82 Å². The van der Waals surface area contributed by atoms with Crippen molar-refractivity contribution < 1.29 is 18.7 Å². The number of Topliss-reactive ketones (excluding diaryl/α,β-unsaturated/α-hetero) is 1. The van der Waals surface area contributed by atoms with Gasteiger partial charge in [0.2, 0.25) is 0 Å². The molecule has 80 valence electrons. The number of carbonyl (C=O) groups excluding carboxylic acids is 2. The summed E-state index contributed by atoms with van der Waals surface area (Å²) in [5.41, 5.74) is -0.312. The van der Waals surface area contributed by atoms with Gasteiger partial charge in [0.05, 0.1) is 22.7 Å². The zero-order valence-corrected chi connectivity index (χ0v) is 9.03. The first-order valence-electron chi connectivity index (χ1n) is 3.74. The van der Waals surface area contributed by atoms with Crippen molar-refractivity contribution in [1.29, 1.82) is 0 Å². The van der Waals surface area contributed by atoms with Gasteiger partial charge < -0.3 is 4.74 Å². The van der Waals surface area contributed by atoms with Crippen LogP contribution in [0.2, 0.25) is 10.0 Å². The number of halogens is 3. The Labute approximate surface area is 94.7 Å². The van der Waals surface area contributed by atoms with E-state index in [1.54, 1.807) is 0 Å². The van der Waals surface area contributed by atoms with Gasteiger partial charge in [0.1, 0.15) is 5.82 Å². The van der Waals surface area contributed by atoms with E-state index in [2.05, 4.69) is 4.74 Å². The maximum absolute atomic E-state index is 12.9. The van der Waals surface area contributed by atoms with Gasteiger partial charge >= 0.3 is 5.97 Å². The summed E-state index contributed by atoms with van der Waals surface area (Å²) < 4.78 is 17.1. The monoisotopic (exact) mass is 250 g/mol. The van der Waals surface area contributed by atoms with Crippen LogP contribution in [0.5, 0.6) is 0 Å². The molecular formula is C9H5Cl2FO3. The molecule has 0 radical (unpaired) electrons. The minimum absolute atomic E-state index is 0.135. The van der Waals surface area contributed by atoms with Crippen LogP contribution in [0.1, 0.15) is 10.4 Å². The molecule has 0 saturated carbocycles. The first kappa shape index (κ1) is 11.9. The number of ketones is 1. The molecular weight excluding hydrogens is 246 g/mol. The molecule has 0 saturated heterocycles. The van der Waals surface area contributed by atoms with E-state index in [0.29, 0.717) is 0 Å². The first-order valence-corrected chi connectivity index (χ1v) is 4.50. The molecule has 0 heterocycles. The predicted molar refractivity (Wildman–Crippen MR) is 52.8 cm³/mol. The van der Waals surface area contributed by atoms with Crippen LogP contribution in [-0.2, 0) is 9.53 Å². The highest BCUT2D eigenvalue weighted by molar-refractivity contribution is 6.49. The Morgan fingerprint density at radius 1 is 1.33 bits per heavy atom. The summed E-state index contributed by atoms with van der Waals surface area (Å²) in [6.07, 6.45) is 0. The number of carbonyl (C=O) groups is 2. The van der Waals surface area contributed by atoms with Crippen molar-refractivity contribution in [3.05, 3.63) is 33.6 Å². The van der Waals surface area contributed by atoms with Gasteiger partial charge in [-0.1, -0.05) is 23.2 Å². The molecule has 0 N–H and O–H groups in total. The van der Waals surface area contributed by atoms with Gasteiger partial charge in [-0.15, -0.1) is 0 Å². The molecule has 6 heteroatoms. The summed E-state index contributed by atoms with van der Waals surface area (Å²) in [7, 11) is 1.04. The maximum Gasteiger partial charge on any atom is 0.379 e. The minimum Gasteiger partial charge on any atom is -0.463 e. The highest BCUT2D eigenvalue weighted by atomic mass is 35.5. The van der Waals surface area contributed by atoms with Crippen molar-refractivity contribution in [2.75, 3.05) is 7.11 Å². The van der Waals surface area contributed by atoms with E-state index in [4.69, 9.17) is 23.2 Å². The molecule has 0 aliphatic heterocycles. The predicted octanol–water partition coefficient (Wildman–Crippen LogP) is 2.49. The quantitative estimate of drug-likeness (QED) is 0.351. The number of hydrogen-bond donors (Lipinski definition) is 0. The Hall–Kier alpha value is -1.13. The normalized spacial score (nSPS) is 9.87. The average Bonchev–Trinajstić information content (AvgIpc) is 2.21. The molecule has 0 fully saturated rings. The Balaban J connectivity index is 3.25. The molecule has 0 unspecified atom stereocenters. The standard InChI is InChI=1S/C9H5Cl2FO3/c1-15-9(14)8(13)5-2-4(12)3-6(10)7(5)11/h2-3H,1H3. The van der Waals surface area contributed by atoms with E-state index < -0.39 is 17.6 Å². The van der Waals surface area contributed by atoms with Crippen LogP contribution in [0.15, 0.2) is 12.1 Å². The highest BCUT2D eigenvalue weighted by Crippen LogP contribution is 2.27. The molecule has 0 spiro atoms. The second-order valence-corrected chi connectivity index (χ2v) is 3.36. The van der Waals surface area contributed by atoms with Gasteiger partial charge in [-0.2, -0.15) is 0 Å². The smallest absolute Gasteiger partial charge is 0.379 e. The highest BCUT2D eigenvalue weighted by Gasteiger charge is 2.22. The fourth-order valence-electron chi connectivity index (χ4n) is 0.924. The molecule has 0 amide bonds. The lowest BCUT2D eigenvalue weighted by Gasteiger charge is -2.03. The van der Waals surface area contributed by atoms with Crippen LogP contribution in [0.4, 0.5) is 4.39 Å². The lowest BCUT2D eigenvalue weighted by Crippen LogP contribution is -2.16. The third-order valence-electron chi connectivity index (χ3n) is 1.61. The summed E-state index contributed by atoms with van der Waals surface area (Å²) in [6.45, 7) is 0. The number of hydrogen-bond acceptors (Lipinski definition) is 3. The number of methoxy groups -OCH3 is 1. The van der Waals surface area contributed by atoms with E-state index in [1.807, 2.05) is 0 Å². The van der Waals surface area contributed by atoms with E-state index in [0.717, 1.165) is 19.2 Å². The van der Waals surface area contributed by atoms with Crippen molar-refractivity contribution in [3.8, 4) is 0 Å². The first-order chi connectivity index (χ1) is 6.97. The lowest BCUT2D eigenvalue weighted by atomic mass is 10.1. The Kier molecular flexibility index (Phi) is 3.66. The topological polar surface area (TPSA) is 43.4 Å². The molecule has 3 nitrogen and oxygen atoms in total. The van der Waals surface area contributed by atoms with Crippen LogP contribution < -0.4 is 0 Å². The van der Waals surface area contributed by atoms with Crippen molar-refractivity contribution in [2.24, 2.45) is 0 Å². The molecule has 0 aromatic heterocycles. The summed E-state index contributed by atoms with van der Waals surface area (Å²) in [4.78, 5) is 22.2. The maximum atomic E-state index is 12.9. The van der Waals surface area contributed by atoms with Gasteiger partial charge in [0, 0.05) is 0 Å². The van der Waals surface area contributed by atoms with Gasteiger partial charge in [0.15, 0.2) is 0 Å². The molecule has 1 rings (SSSR count). The summed E-state index contributed by atoms with van der Waals surface area (Å²) in [5.74, 6) is -2.92. The van der Waals surface area contributed by atoms with Crippen molar-refractivity contribution >= 4 is 35.0 Å². The van der Waals surface area contributed by atoms with E-state index in [9.17, 15) is 14.0 Å². The Morgan fingerprint density at radius 3 is 2.47 bits per heavy atom. The summed E-state index contributed by atoms with van der Waals surface area (Å²) in [6, 6.07) is 1.77. The number of rotatable bonds is 2. The molecule has 1 aromatic rings. The molecule has 0 aliphatic rings. The summed E-state index contributed by atoms with van der Waals surface area (Å²) >= 11 is 11.2. The fourth-order valence-corrected chi connectivity index (χ4v) is 1.32. The molecule has 0 atom stereocenters. The molecule has 15 heavy (non-hydrogen) atoms. The number of ether oxygens (including phenoxy) is 1. The van der Waals surface area contributed by atoms with Gasteiger partial charge in [-0.25, -0.2) is 9.18 Å². The average molecular weight is 251 g/mol. The van der Waals surface area contributed by atoms with Crippen molar-refractivity contribution in [1.82, 2.24) is 0 Å². The molecule has 0 bridgehead atoms. The SMILES string of the molecule is COC(=O)C(=O)c1cc(F)cc(Cl)c1Cl. The van der Waals surface area contributed by atoms with Crippen LogP contribution >= 0.6 is 23.2 Å². The number of esters is 1. The van der Waals surface area contributed by atoms with Crippen LogP contribution in [0.3, 0.4) is 0 Å². The zero-order chi connectivity index (χ0) is 11.6. The largest absolute Gasteiger partial charge is 0.463 e. The molecule has 0 aliphatic carbocycles. The van der Waals surface area contributed by atoms with Gasteiger partial charge in [-0.05, 0) is 12.1 Å². The zero-order valence-electron chi connectivity index (χ0n) is 7.51. The molecule has 1 aromatic carbocycles. The van der Waals surface area contributed by atoms with Gasteiger partial charge in [-0.3, -0.25) is 4.79 Å². The van der Waals surface area contributed by atoms with Crippen LogP contribution in [0.25, 0.3) is 0 Å². The third-order valence-corrected chi connectivity index (χ3v) is 2.41. The van der Waals surface area contributed by atoms with Crippen LogP contribution in [-0.4, -0.2) is 18.9 Å². The minimum atomic E-state index is -1.13.